The number of amides is 1. The van der Waals surface area contributed by atoms with Crippen LogP contribution in [0.5, 0.6) is 0 Å². The Labute approximate surface area is 177 Å². The number of benzene rings is 2. The van der Waals surface area contributed by atoms with E-state index in [1.165, 1.54) is 19.2 Å². The third-order valence-electron chi connectivity index (χ3n) is 4.86. The van der Waals surface area contributed by atoms with Crippen molar-refractivity contribution >= 4 is 46.6 Å². The van der Waals surface area contributed by atoms with Crippen LogP contribution in [0, 0.1) is 0 Å². The van der Waals surface area contributed by atoms with Gasteiger partial charge in [0.15, 0.2) is 5.65 Å². The first-order valence-corrected chi connectivity index (χ1v) is 10.4. The molecule has 1 aliphatic carbocycles. The summed E-state index contributed by atoms with van der Waals surface area (Å²) in [5, 5.41) is 8.87. The van der Waals surface area contributed by atoms with E-state index >= 15 is 0 Å². The van der Waals surface area contributed by atoms with Crippen molar-refractivity contribution in [1.29, 1.82) is 0 Å². The minimum atomic E-state index is 0.381. The highest BCUT2D eigenvalue weighted by molar-refractivity contribution is 8.01. The highest BCUT2D eigenvalue weighted by Gasteiger charge is 2.22. The van der Waals surface area contributed by atoms with Crippen molar-refractivity contribution in [2.75, 3.05) is 15.8 Å². The van der Waals surface area contributed by atoms with E-state index in [2.05, 4.69) is 20.0 Å². The number of nitrogens with zero attached hydrogens (tertiary/aromatic N) is 4. The zero-order valence-corrected chi connectivity index (χ0v) is 16.8. The molecule has 0 radical (unpaired) electrons. The van der Waals surface area contributed by atoms with Crippen molar-refractivity contribution in [3.05, 3.63) is 54.9 Å². The summed E-state index contributed by atoms with van der Waals surface area (Å²) in [6.07, 6.45) is 4.64. The zero-order chi connectivity index (χ0) is 20.5. The molecule has 0 bridgehead atoms. The van der Waals surface area contributed by atoms with Crippen molar-refractivity contribution in [2.24, 2.45) is 0 Å². The summed E-state index contributed by atoms with van der Waals surface area (Å²) in [5.41, 5.74) is 11.0. The molecule has 1 saturated carbocycles. The van der Waals surface area contributed by atoms with Gasteiger partial charge >= 0.3 is 0 Å². The molecular formula is C21H19N7OS. The van der Waals surface area contributed by atoms with E-state index in [0.717, 1.165) is 27.9 Å². The van der Waals surface area contributed by atoms with Gasteiger partial charge in [0.05, 0.1) is 11.1 Å². The number of carbonyl (C=O) groups is 1. The van der Waals surface area contributed by atoms with Gasteiger partial charge in [0.25, 0.3) is 0 Å². The minimum Gasteiger partial charge on any atom is -0.383 e. The molecule has 150 valence electrons. The van der Waals surface area contributed by atoms with Crippen LogP contribution in [-0.4, -0.2) is 31.4 Å². The topological polar surface area (TPSA) is 111 Å². The third kappa shape index (κ3) is 3.55. The van der Waals surface area contributed by atoms with Crippen LogP contribution in [0.3, 0.4) is 0 Å². The van der Waals surface area contributed by atoms with Gasteiger partial charge in [-0.25, -0.2) is 14.6 Å². The molecule has 1 amide bonds. The third-order valence-corrected chi connectivity index (χ3v) is 6.02. The van der Waals surface area contributed by atoms with E-state index in [4.69, 9.17) is 10.8 Å². The second-order valence-corrected chi connectivity index (χ2v) is 8.13. The van der Waals surface area contributed by atoms with Crippen molar-refractivity contribution in [3.8, 4) is 16.9 Å². The number of fused-ring (bicyclic) bond motifs is 1. The van der Waals surface area contributed by atoms with Gasteiger partial charge in [0.1, 0.15) is 17.8 Å². The summed E-state index contributed by atoms with van der Waals surface area (Å²) in [6.45, 7) is 0. The molecule has 0 spiro atoms. The summed E-state index contributed by atoms with van der Waals surface area (Å²) in [4.78, 5) is 19.2. The smallest absolute Gasteiger partial charge is 0.211 e. The fraction of sp³-hybridized carbons (Fsp3) is 0.143. The van der Waals surface area contributed by atoms with E-state index < -0.39 is 0 Å². The molecule has 2 heterocycles. The molecule has 1 fully saturated rings. The lowest BCUT2D eigenvalue weighted by molar-refractivity contribution is -0.105. The molecule has 1 aliphatic rings. The van der Waals surface area contributed by atoms with Gasteiger partial charge in [0.2, 0.25) is 6.41 Å². The maximum atomic E-state index is 10.6. The van der Waals surface area contributed by atoms with Crippen LogP contribution in [0.15, 0.2) is 54.9 Å². The highest BCUT2D eigenvalue weighted by atomic mass is 32.2. The molecule has 4 aromatic rings. The van der Waals surface area contributed by atoms with Gasteiger partial charge in [-0.2, -0.15) is 5.10 Å². The van der Waals surface area contributed by atoms with Crippen LogP contribution in [0.1, 0.15) is 12.8 Å². The largest absolute Gasteiger partial charge is 0.383 e. The van der Waals surface area contributed by atoms with Gasteiger partial charge < -0.3 is 15.8 Å². The minimum absolute atomic E-state index is 0.381. The molecular weight excluding hydrogens is 398 g/mol. The number of hydrogen-bond acceptors (Lipinski definition) is 7. The Hall–Kier alpha value is -3.59. The molecule has 0 unspecified atom stereocenters. The summed E-state index contributed by atoms with van der Waals surface area (Å²) in [5.74, 6) is 0.381. The summed E-state index contributed by atoms with van der Waals surface area (Å²) >= 11 is 1.77. The number of hydrogen-bond donors (Lipinski definition) is 3. The fourth-order valence-corrected chi connectivity index (χ4v) is 3.97. The number of nitrogen functional groups attached to an aromatic ring is 1. The van der Waals surface area contributed by atoms with E-state index in [9.17, 15) is 4.79 Å². The number of nitrogens with two attached hydrogens (primary N) is 1. The van der Waals surface area contributed by atoms with Crippen LogP contribution in [0.4, 0.5) is 17.2 Å². The molecule has 4 N–H and O–H groups in total. The first kappa shape index (κ1) is 18.4. The van der Waals surface area contributed by atoms with Gasteiger partial charge in [0, 0.05) is 22.2 Å². The van der Waals surface area contributed by atoms with Gasteiger partial charge in [-0.1, -0.05) is 12.1 Å². The van der Waals surface area contributed by atoms with Crippen LogP contribution in [-0.2, 0) is 4.79 Å². The predicted octanol–water partition coefficient (Wildman–Crippen LogP) is 3.86. The van der Waals surface area contributed by atoms with Crippen LogP contribution < -0.4 is 15.8 Å². The number of rotatable bonds is 7. The van der Waals surface area contributed by atoms with Crippen LogP contribution in [0.25, 0.3) is 28.0 Å². The van der Waals surface area contributed by atoms with Gasteiger partial charge in [-0.3, -0.25) is 4.79 Å². The summed E-state index contributed by atoms with van der Waals surface area (Å²) < 4.78 is 5.13. The quantitative estimate of drug-likeness (QED) is 0.309. The van der Waals surface area contributed by atoms with E-state index in [1.807, 2.05) is 36.4 Å². The lowest BCUT2D eigenvalue weighted by atomic mass is 10.1. The number of anilines is 3. The maximum Gasteiger partial charge on any atom is 0.211 e. The van der Waals surface area contributed by atoms with E-state index in [1.54, 1.807) is 28.8 Å². The summed E-state index contributed by atoms with van der Waals surface area (Å²) in [6, 6.07) is 15.5. The number of nitrogens with one attached hydrogen (secondary N) is 2. The lowest BCUT2D eigenvalue weighted by Crippen LogP contribution is -2.00. The number of aromatic nitrogens is 4. The Morgan fingerprint density at radius 3 is 2.47 bits per heavy atom. The first-order chi connectivity index (χ1) is 14.7. The van der Waals surface area contributed by atoms with Crippen molar-refractivity contribution in [3.63, 3.8) is 0 Å². The Bertz CT molecular complexity index is 1200. The Morgan fingerprint density at radius 2 is 1.77 bits per heavy atom. The summed E-state index contributed by atoms with van der Waals surface area (Å²) in [7, 11) is 0. The normalized spacial score (nSPS) is 13.3. The van der Waals surface area contributed by atoms with Crippen LogP contribution in [0.2, 0.25) is 0 Å². The molecule has 0 aliphatic heterocycles. The van der Waals surface area contributed by atoms with Gasteiger partial charge in [-0.15, -0.1) is 0 Å². The second-order valence-electron chi connectivity index (χ2n) is 7.02. The average Bonchev–Trinajstić information content (AvgIpc) is 3.52. The van der Waals surface area contributed by atoms with Crippen LogP contribution >= 0.6 is 11.9 Å². The second kappa shape index (κ2) is 7.68. The van der Waals surface area contributed by atoms with Crippen molar-refractivity contribution < 1.29 is 4.79 Å². The van der Waals surface area contributed by atoms with Crippen molar-refractivity contribution in [2.45, 2.75) is 18.1 Å². The van der Waals surface area contributed by atoms with Gasteiger partial charge in [-0.05, 0) is 61.2 Å². The molecule has 30 heavy (non-hydrogen) atoms. The fourth-order valence-electron chi connectivity index (χ4n) is 3.16. The lowest BCUT2D eigenvalue weighted by Gasteiger charge is -2.05. The Balaban J connectivity index is 1.54. The first-order valence-electron chi connectivity index (χ1n) is 9.55. The number of carbonyl (C=O) groups excluding carboxylic acids is 1. The molecule has 0 saturated heterocycles. The standard InChI is InChI=1S/C21H19N7OS/c22-20-18-19(13-1-3-15(4-2-13)27-30-17-9-10-17)26-28(21(18)24-11-23-20)16-7-5-14(6-8-16)25-12-29/h1-8,11-12,17,27H,9-10H2,(H,25,29)(H2,22,23,24). The average molecular weight is 417 g/mol. The molecule has 2 aromatic heterocycles. The maximum absolute atomic E-state index is 10.6. The van der Waals surface area contributed by atoms with E-state index in [0.29, 0.717) is 28.9 Å². The molecule has 0 atom stereocenters. The molecule has 9 heteroatoms. The predicted molar refractivity (Wildman–Crippen MR) is 120 cm³/mol. The van der Waals surface area contributed by atoms with Crippen molar-refractivity contribution in [1.82, 2.24) is 19.7 Å². The molecule has 8 nitrogen and oxygen atoms in total. The molecule has 5 rings (SSSR count). The molecule has 2 aromatic carbocycles. The highest BCUT2D eigenvalue weighted by Crippen LogP contribution is 2.36. The SMILES string of the molecule is Nc1ncnc2c1c(-c1ccc(NSC3CC3)cc1)nn2-c1ccc(NC=O)cc1. The Morgan fingerprint density at radius 1 is 1.03 bits per heavy atom. The monoisotopic (exact) mass is 417 g/mol. The van der Waals surface area contributed by atoms with E-state index in [-0.39, 0.29) is 0 Å². The Kier molecular flexibility index (Phi) is 4.72. The zero-order valence-electron chi connectivity index (χ0n) is 15.9.